The maximum Gasteiger partial charge on any atom is 0.282 e. The van der Waals surface area contributed by atoms with E-state index >= 15 is 0 Å². The number of aliphatic hydroxyl groups excluding tert-OH is 1. The van der Waals surface area contributed by atoms with Gasteiger partial charge in [-0.25, -0.2) is 0 Å². The molecule has 0 saturated carbocycles. The van der Waals surface area contributed by atoms with Crippen LogP contribution in [0.25, 0.3) is 0 Å². The van der Waals surface area contributed by atoms with Gasteiger partial charge in [0, 0.05) is 31.0 Å². The summed E-state index contributed by atoms with van der Waals surface area (Å²) in [6.45, 7) is 0.550. The molecule has 0 aliphatic heterocycles. The van der Waals surface area contributed by atoms with E-state index in [-0.39, 0.29) is 17.9 Å². The summed E-state index contributed by atoms with van der Waals surface area (Å²) in [6.07, 6.45) is 0. The van der Waals surface area contributed by atoms with Gasteiger partial charge in [-0.05, 0) is 30.3 Å². The summed E-state index contributed by atoms with van der Waals surface area (Å²) < 4.78 is 0. The Morgan fingerprint density at radius 3 is 2.48 bits per heavy atom. The van der Waals surface area contributed by atoms with E-state index in [9.17, 15) is 14.9 Å². The van der Waals surface area contributed by atoms with Crippen LogP contribution in [0.15, 0.2) is 48.5 Å². The first-order valence-corrected chi connectivity index (χ1v) is 6.99. The average Bonchev–Trinajstić information content (AvgIpc) is 2.55. The van der Waals surface area contributed by atoms with Gasteiger partial charge in [-0.15, -0.1) is 0 Å². The molecule has 0 aromatic heterocycles. The van der Waals surface area contributed by atoms with E-state index in [1.54, 1.807) is 30.3 Å². The molecule has 0 aliphatic rings. The normalized spacial score (nSPS) is 10.2. The summed E-state index contributed by atoms with van der Waals surface area (Å²) in [7, 11) is 1.84. The zero-order valence-corrected chi connectivity index (χ0v) is 12.6. The van der Waals surface area contributed by atoms with Gasteiger partial charge < -0.3 is 15.3 Å². The van der Waals surface area contributed by atoms with E-state index in [1.165, 1.54) is 18.2 Å². The molecule has 2 rings (SSSR count). The zero-order valence-electron chi connectivity index (χ0n) is 12.6. The summed E-state index contributed by atoms with van der Waals surface area (Å²) in [4.78, 5) is 24.4. The van der Waals surface area contributed by atoms with Crippen LogP contribution in [-0.4, -0.2) is 36.1 Å². The third-order valence-electron chi connectivity index (χ3n) is 3.35. The average molecular weight is 315 g/mol. The van der Waals surface area contributed by atoms with Crippen molar-refractivity contribution in [2.45, 2.75) is 0 Å². The number of likely N-dealkylation sites (N-methyl/N-ethyl adjacent to an activating group) is 1. The molecule has 2 N–H and O–H groups in total. The second-order valence-electron chi connectivity index (χ2n) is 4.92. The number of benzene rings is 2. The highest BCUT2D eigenvalue weighted by Gasteiger charge is 2.19. The van der Waals surface area contributed by atoms with Crippen molar-refractivity contribution in [3.05, 3.63) is 64.2 Å². The number of carbonyl (C=O) groups is 1. The molecule has 0 unspecified atom stereocenters. The van der Waals surface area contributed by atoms with Crippen LogP contribution in [0, 0.1) is 10.1 Å². The Kier molecular flexibility index (Phi) is 5.27. The Balaban J connectivity index is 2.13. The Hall–Kier alpha value is -2.93. The van der Waals surface area contributed by atoms with Crippen molar-refractivity contribution in [2.75, 3.05) is 30.4 Å². The summed E-state index contributed by atoms with van der Waals surface area (Å²) >= 11 is 0. The largest absolute Gasteiger partial charge is 0.395 e. The summed E-state index contributed by atoms with van der Waals surface area (Å²) in [5, 5.41) is 22.5. The fourth-order valence-electron chi connectivity index (χ4n) is 2.10. The van der Waals surface area contributed by atoms with Crippen LogP contribution in [0.2, 0.25) is 0 Å². The van der Waals surface area contributed by atoms with Gasteiger partial charge in [-0.3, -0.25) is 14.9 Å². The fourth-order valence-corrected chi connectivity index (χ4v) is 2.10. The lowest BCUT2D eigenvalue weighted by Crippen LogP contribution is -2.21. The number of nitrogens with zero attached hydrogens (tertiary/aromatic N) is 2. The number of nitro groups is 1. The first kappa shape index (κ1) is 16.4. The molecule has 0 spiro atoms. The van der Waals surface area contributed by atoms with Crippen molar-refractivity contribution in [3.63, 3.8) is 0 Å². The first-order valence-electron chi connectivity index (χ1n) is 6.99. The van der Waals surface area contributed by atoms with Gasteiger partial charge in [0.05, 0.1) is 11.5 Å². The first-order chi connectivity index (χ1) is 11.0. The molecule has 0 aliphatic carbocycles. The second kappa shape index (κ2) is 7.37. The van der Waals surface area contributed by atoms with Crippen LogP contribution in [-0.2, 0) is 0 Å². The van der Waals surface area contributed by atoms with Crippen LogP contribution in [0.4, 0.5) is 17.1 Å². The quantitative estimate of drug-likeness (QED) is 0.630. The van der Waals surface area contributed by atoms with E-state index in [4.69, 9.17) is 5.11 Å². The minimum absolute atomic E-state index is 0.0129. The van der Waals surface area contributed by atoms with E-state index in [0.717, 1.165) is 5.69 Å². The van der Waals surface area contributed by atoms with Gasteiger partial charge in [-0.1, -0.05) is 12.1 Å². The number of para-hydroxylation sites is 1. The molecule has 120 valence electrons. The highest BCUT2D eigenvalue weighted by atomic mass is 16.6. The number of carbonyl (C=O) groups excluding carboxylic acids is 1. The van der Waals surface area contributed by atoms with E-state index < -0.39 is 10.8 Å². The monoisotopic (exact) mass is 315 g/mol. The lowest BCUT2D eigenvalue weighted by Gasteiger charge is -2.18. The van der Waals surface area contributed by atoms with Crippen LogP contribution in [0.3, 0.4) is 0 Å². The molecule has 7 heteroatoms. The van der Waals surface area contributed by atoms with Gasteiger partial charge in [0.25, 0.3) is 11.6 Å². The smallest absolute Gasteiger partial charge is 0.282 e. The van der Waals surface area contributed by atoms with Gasteiger partial charge in [0.15, 0.2) is 0 Å². The third-order valence-corrected chi connectivity index (χ3v) is 3.35. The summed E-state index contributed by atoms with van der Waals surface area (Å²) in [6, 6.07) is 12.8. The zero-order chi connectivity index (χ0) is 16.8. The molecular formula is C16H17N3O4. The van der Waals surface area contributed by atoms with E-state index in [1.807, 2.05) is 11.9 Å². The number of nitrogens with one attached hydrogen (secondary N) is 1. The van der Waals surface area contributed by atoms with Crippen LogP contribution in [0.5, 0.6) is 0 Å². The highest BCUT2D eigenvalue weighted by Crippen LogP contribution is 2.21. The second-order valence-corrected chi connectivity index (χ2v) is 4.92. The molecule has 0 saturated heterocycles. The maximum absolute atomic E-state index is 12.2. The summed E-state index contributed by atoms with van der Waals surface area (Å²) in [5.74, 6) is -0.534. The minimum Gasteiger partial charge on any atom is -0.395 e. The fraction of sp³-hybridized carbons (Fsp3) is 0.188. The van der Waals surface area contributed by atoms with Crippen molar-refractivity contribution in [3.8, 4) is 0 Å². The van der Waals surface area contributed by atoms with Crippen molar-refractivity contribution >= 4 is 23.0 Å². The Morgan fingerprint density at radius 1 is 1.22 bits per heavy atom. The SMILES string of the molecule is CN(CCO)c1ccc(NC(=O)c2ccccc2[N+](=O)[O-])cc1. The molecule has 0 atom stereocenters. The maximum atomic E-state index is 12.2. The molecule has 0 radical (unpaired) electrons. The molecule has 2 aromatic carbocycles. The molecular weight excluding hydrogens is 298 g/mol. The predicted molar refractivity (Wildman–Crippen MR) is 87.8 cm³/mol. The van der Waals surface area contributed by atoms with Crippen molar-refractivity contribution in [1.29, 1.82) is 0 Å². The van der Waals surface area contributed by atoms with Crippen molar-refractivity contribution < 1.29 is 14.8 Å². The Bertz CT molecular complexity index is 701. The lowest BCUT2D eigenvalue weighted by atomic mass is 10.1. The number of rotatable bonds is 6. The molecule has 2 aromatic rings. The third kappa shape index (κ3) is 4.04. The van der Waals surface area contributed by atoms with Gasteiger partial charge in [0.2, 0.25) is 0 Å². The van der Waals surface area contributed by atoms with Gasteiger partial charge in [-0.2, -0.15) is 0 Å². The van der Waals surface area contributed by atoms with Crippen LogP contribution >= 0.6 is 0 Å². The Morgan fingerprint density at radius 2 is 1.87 bits per heavy atom. The van der Waals surface area contributed by atoms with Crippen LogP contribution < -0.4 is 10.2 Å². The van der Waals surface area contributed by atoms with E-state index in [0.29, 0.717) is 12.2 Å². The molecule has 1 amide bonds. The number of hydrogen-bond donors (Lipinski definition) is 2. The Labute approximate surface area is 133 Å². The molecule has 7 nitrogen and oxygen atoms in total. The number of anilines is 2. The predicted octanol–water partition coefficient (Wildman–Crippen LogP) is 2.28. The topological polar surface area (TPSA) is 95.7 Å². The number of hydrogen-bond acceptors (Lipinski definition) is 5. The van der Waals surface area contributed by atoms with Crippen LogP contribution in [0.1, 0.15) is 10.4 Å². The molecule has 0 bridgehead atoms. The molecule has 0 heterocycles. The summed E-state index contributed by atoms with van der Waals surface area (Å²) in [5.41, 5.74) is 1.21. The van der Waals surface area contributed by atoms with Gasteiger partial charge in [0.1, 0.15) is 5.56 Å². The number of nitro benzene ring substituents is 1. The minimum atomic E-state index is -0.581. The number of amides is 1. The lowest BCUT2D eigenvalue weighted by molar-refractivity contribution is -0.385. The van der Waals surface area contributed by atoms with Crippen molar-refractivity contribution in [1.82, 2.24) is 0 Å². The molecule has 0 fully saturated rings. The van der Waals surface area contributed by atoms with Gasteiger partial charge >= 0.3 is 0 Å². The highest BCUT2D eigenvalue weighted by molar-refractivity contribution is 6.07. The van der Waals surface area contributed by atoms with E-state index in [2.05, 4.69) is 5.32 Å². The standard InChI is InChI=1S/C16H17N3O4/c1-18(10-11-20)13-8-6-12(7-9-13)17-16(21)14-4-2-3-5-15(14)19(22)23/h2-9,20H,10-11H2,1H3,(H,17,21). The van der Waals surface area contributed by atoms with Crippen molar-refractivity contribution in [2.24, 2.45) is 0 Å². The number of aliphatic hydroxyl groups is 1. The molecule has 23 heavy (non-hydrogen) atoms.